The van der Waals surface area contributed by atoms with Crippen LogP contribution in [0.5, 0.6) is 0 Å². The molecule has 2 unspecified atom stereocenters. The Kier molecular flexibility index (Phi) is 43.1. The Morgan fingerprint density at radius 1 is 0.380 bits per heavy atom. The van der Waals surface area contributed by atoms with Crippen molar-refractivity contribution in [2.75, 3.05) is 14.2 Å². The standard InChI is InChI=1S/2C18H36O2.C6H12O2.2Hg/c2*1-2-3-4-5-6-7-8-9-10-11-12-13-14-15-16-17-18(19)20;1-5(7-3)6(2)8-4;;/h2*2-17H2,1H3,(H,19,20);5-6H,1-2H2,3-4H3;;/q;;;2*+1/p-2. The van der Waals surface area contributed by atoms with Gasteiger partial charge in [-0.05, 0) is 0 Å². The maximum absolute atomic E-state index is 12.3. The number of rotatable bonds is 41. The number of ether oxygens (including phenoxy) is 2. The first kappa shape index (κ1) is 50.7. The Morgan fingerprint density at radius 2 is 0.600 bits per heavy atom. The summed E-state index contributed by atoms with van der Waals surface area (Å²) in [5.41, 5.74) is 0. The molecular formula is C42H82Hg2O6. The van der Waals surface area contributed by atoms with Crippen molar-refractivity contribution < 1.29 is 74.4 Å². The molecule has 0 amide bonds. The van der Waals surface area contributed by atoms with E-state index in [1.54, 1.807) is 14.2 Å². The summed E-state index contributed by atoms with van der Waals surface area (Å²) in [5, 5.41) is 0. The number of unbranched alkanes of at least 4 members (excludes halogenated alkanes) is 28. The average Bonchev–Trinajstić information content (AvgIpc) is 3.12. The molecule has 0 aliphatic rings. The molecule has 0 rings (SSSR count). The Morgan fingerprint density at radius 3 is 0.820 bits per heavy atom. The van der Waals surface area contributed by atoms with E-state index in [0.717, 1.165) is 33.5 Å². The molecule has 0 saturated heterocycles. The van der Waals surface area contributed by atoms with Crippen molar-refractivity contribution in [2.24, 2.45) is 0 Å². The van der Waals surface area contributed by atoms with Crippen molar-refractivity contribution in [1.29, 1.82) is 0 Å². The molecule has 0 aliphatic carbocycles. The summed E-state index contributed by atoms with van der Waals surface area (Å²) < 4.78 is 24.6. The fraction of sp³-hybridized carbons (Fsp3) is 0.952. The van der Waals surface area contributed by atoms with Crippen molar-refractivity contribution >= 4 is 11.9 Å². The van der Waals surface area contributed by atoms with Crippen molar-refractivity contribution in [3.05, 3.63) is 0 Å². The predicted octanol–water partition coefficient (Wildman–Crippen LogP) is 13.5. The van der Waals surface area contributed by atoms with Crippen LogP contribution in [0.1, 0.15) is 219 Å². The van der Waals surface area contributed by atoms with Crippen LogP contribution in [0, 0.1) is 0 Å². The van der Waals surface area contributed by atoms with Crippen molar-refractivity contribution in [2.45, 2.75) is 239 Å². The predicted molar refractivity (Wildman–Crippen MR) is 202 cm³/mol. The third-order valence-electron chi connectivity index (χ3n) is 10.3. The van der Waals surface area contributed by atoms with Gasteiger partial charge in [0, 0.05) is 0 Å². The topological polar surface area (TPSA) is 71.1 Å². The summed E-state index contributed by atoms with van der Waals surface area (Å²) in [7, 11) is 3.42. The minimum absolute atomic E-state index is 0.0158. The van der Waals surface area contributed by atoms with Gasteiger partial charge in [-0.1, -0.05) is 90.9 Å². The number of methoxy groups -OCH3 is 2. The van der Waals surface area contributed by atoms with Crippen molar-refractivity contribution in [3.63, 3.8) is 0 Å². The summed E-state index contributed by atoms with van der Waals surface area (Å²) in [6.45, 7) is 4.56. The molecular weight excluding hydrogens is 1000 g/mol. The van der Waals surface area contributed by atoms with Gasteiger partial charge in [0.1, 0.15) is 0 Å². The molecule has 0 N–H and O–H groups in total. The average molecular weight is 1080 g/mol. The van der Waals surface area contributed by atoms with Crippen LogP contribution in [-0.4, -0.2) is 38.4 Å². The summed E-state index contributed by atoms with van der Waals surface area (Å²) >= 11 is -3.67. The van der Waals surface area contributed by atoms with E-state index in [4.69, 9.17) is 14.8 Å². The van der Waals surface area contributed by atoms with Gasteiger partial charge < -0.3 is 0 Å². The maximum atomic E-state index is 12.3. The zero-order valence-corrected chi connectivity index (χ0v) is 45.1. The zero-order valence-electron chi connectivity index (χ0n) is 34.1. The fourth-order valence-electron chi connectivity index (χ4n) is 6.91. The van der Waals surface area contributed by atoms with Gasteiger partial charge in [-0.3, -0.25) is 0 Å². The SMILES string of the molecule is CCCCCCCCCCCCCCCCCC(=O)[O][Hg][CH2]C(OC)C([CH2][Hg][O]C(=O)CCCCCCCCCCCCCCCCC)OC. The first-order valence-corrected chi connectivity index (χ1v) is 34.2. The molecule has 0 saturated carbocycles. The molecule has 0 bridgehead atoms. The van der Waals surface area contributed by atoms with Gasteiger partial charge in [0.2, 0.25) is 0 Å². The van der Waals surface area contributed by atoms with Crippen LogP contribution in [-0.2, 0) is 74.4 Å². The summed E-state index contributed by atoms with van der Waals surface area (Å²) in [6, 6.07) is 0. The van der Waals surface area contributed by atoms with E-state index in [9.17, 15) is 9.59 Å². The molecule has 0 heterocycles. The molecule has 50 heavy (non-hydrogen) atoms. The van der Waals surface area contributed by atoms with Crippen LogP contribution in [0.2, 0.25) is 7.86 Å². The van der Waals surface area contributed by atoms with E-state index in [2.05, 4.69) is 13.8 Å². The summed E-state index contributed by atoms with van der Waals surface area (Å²) in [5.74, 6) is -0.0316. The molecule has 290 valence electrons. The second-order valence-corrected chi connectivity index (χ2v) is 24.9. The Hall–Kier alpha value is 0.730. The van der Waals surface area contributed by atoms with Gasteiger partial charge in [0.05, 0.1) is 0 Å². The van der Waals surface area contributed by atoms with Gasteiger partial charge in [0.25, 0.3) is 0 Å². The molecule has 8 heteroatoms. The normalized spacial score (nSPS) is 12.3. The molecule has 0 aromatic carbocycles. The summed E-state index contributed by atoms with van der Waals surface area (Å²) in [6.07, 6.45) is 40.8. The van der Waals surface area contributed by atoms with Crippen molar-refractivity contribution in [3.8, 4) is 0 Å². The number of carbonyl (C=O) groups is 2. The van der Waals surface area contributed by atoms with Crippen LogP contribution in [0.3, 0.4) is 0 Å². The van der Waals surface area contributed by atoms with Crippen LogP contribution >= 0.6 is 0 Å². The van der Waals surface area contributed by atoms with Crippen LogP contribution < -0.4 is 0 Å². The molecule has 0 spiro atoms. The zero-order chi connectivity index (χ0) is 36.6. The van der Waals surface area contributed by atoms with E-state index >= 15 is 0 Å². The molecule has 6 nitrogen and oxygen atoms in total. The third kappa shape index (κ3) is 37.1. The molecule has 0 radical (unpaired) electrons. The van der Waals surface area contributed by atoms with E-state index in [-0.39, 0.29) is 24.1 Å². The second-order valence-electron chi connectivity index (χ2n) is 15.0. The van der Waals surface area contributed by atoms with E-state index in [1.165, 1.54) is 167 Å². The Balaban J connectivity index is 3.67. The van der Waals surface area contributed by atoms with Crippen molar-refractivity contribution in [1.82, 2.24) is 0 Å². The molecule has 0 aliphatic heterocycles. The van der Waals surface area contributed by atoms with Crippen LogP contribution in [0.25, 0.3) is 0 Å². The Bertz CT molecular complexity index is 652. The quantitative estimate of drug-likeness (QED) is 0.0449. The molecule has 0 fully saturated rings. The van der Waals surface area contributed by atoms with Gasteiger partial charge in [0.15, 0.2) is 0 Å². The van der Waals surface area contributed by atoms with Gasteiger partial charge in [-0.2, -0.15) is 0 Å². The van der Waals surface area contributed by atoms with Gasteiger partial charge >= 0.3 is 249 Å². The van der Waals surface area contributed by atoms with E-state index in [1.807, 2.05) is 0 Å². The van der Waals surface area contributed by atoms with E-state index < -0.39 is 50.1 Å². The first-order valence-electron chi connectivity index (χ1n) is 22.0. The third-order valence-corrected chi connectivity index (χ3v) is 20.7. The monoisotopic (exact) mass is 1090 g/mol. The Labute approximate surface area is 337 Å². The van der Waals surface area contributed by atoms with E-state index in [0.29, 0.717) is 12.8 Å². The second kappa shape index (κ2) is 42.5. The molecule has 0 aromatic rings. The van der Waals surface area contributed by atoms with Gasteiger partial charge in [-0.15, -0.1) is 0 Å². The molecule has 2 atom stereocenters. The number of hydrogen-bond donors (Lipinski definition) is 0. The minimum atomic E-state index is -1.84. The van der Waals surface area contributed by atoms with Gasteiger partial charge in [-0.25, -0.2) is 0 Å². The fourth-order valence-corrected chi connectivity index (χ4v) is 17.3. The molecule has 0 aromatic heterocycles. The first-order chi connectivity index (χ1) is 24.6. The number of hydrogen-bond acceptors (Lipinski definition) is 6. The number of carbonyl (C=O) groups excluding carboxylic acids is 2. The van der Waals surface area contributed by atoms with Crippen LogP contribution in [0.15, 0.2) is 0 Å². The summed E-state index contributed by atoms with van der Waals surface area (Å²) in [4.78, 5) is 24.6. The van der Waals surface area contributed by atoms with Crippen LogP contribution in [0.4, 0.5) is 0 Å².